The van der Waals surface area contributed by atoms with E-state index in [0.29, 0.717) is 43.2 Å². The van der Waals surface area contributed by atoms with Gasteiger partial charge in [-0.1, -0.05) is 18.2 Å². The zero-order valence-electron chi connectivity index (χ0n) is 20.4. The first-order valence-electron chi connectivity index (χ1n) is 11.8. The lowest BCUT2D eigenvalue weighted by molar-refractivity contribution is -0.141. The number of hydrogen-bond donors (Lipinski definition) is 1. The van der Waals surface area contributed by atoms with Crippen molar-refractivity contribution in [3.63, 3.8) is 0 Å². The molecule has 0 bridgehead atoms. The molecule has 0 aromatic heterocycles. The Morgan fingerprint density at radius 2 is 1.81 bits per heavy atom. The standard InChI is InChI=1S/C25H29N3O8S/c1-34-23(29)10-9-21(24(26)30)28-15-20-19(25(28)31)3-2-4-22(20)36-16-17-5-7-18(8-6-17)37(32,33)27-11-13-35-14-12-27/h2-8,21H,9-16H2,1H3,(H2,26,30). The van der Waals surface area contributed by atoms with Gasteiger partial charge in [-0.3, -0.25) is 14.4 Å². The Labute approximate surface area is 215 Å². The second kappa shape index (κ2) is 11.3. The zero-order valence-corrected chi connectivity index (χ0v) is 21.2. The molecular formula is C25H29N3O8S. The zero-order chi connectivity index (χ0) is 26.6. The van der Waals surface area contributed by atoms with Crippen LogP contribution in [0.15, 0.2) is 47.4 Å². The van der Waals surface area contributed by atoms with Crippen LogP contribution in [0.25, 0.3) is 0 Å². The first-order valence-corrected chi connectivity index (χ1v) is 13.2. The van der Waals surface area contributed by atoms with E-state index < -0.39 is 27.9 Å². The van der Waals surface area contributed by atoms with E-state index >= 15 is 0 Å². The van der Waals surface area contributed by atoms with Crippen LogP contribution in [0.4, 0.5) is 0 Å². The van der Waals surface area contributed by atoms with Crippen molar-refractivity contribution in [2.75, 3.05) is 33.4 Å². The summed E-state index contributed by atoms with van der Waals surface area (Å²) in [6, 6.07) is 10.5. The molecule has 4 rings (SSSR count). The van der Waals surface area contributed by atoms with Crippen LogP contribution in [0.1, 0.15) is 34.3 Å². The molecule has 1 unspecified atom stereocenters. The molecule has 1 saturated heterocycles. The third-order valence-corrected chi connectivity index (χ3v) is 8.35. The van der Waals surface area contributed by atoms with E-state index in [2.05, 4.69) is 4.74 Å². The summed E-state index contributed by atoms with van der Waals surface area (Å²) in [5.41, 5.74) is 7.29. The Morgan fingerprint density at radius 3 is 2.46 bits per heavy atom. The Kier molecular flexibility index (Phi) is 8.10. The molecule has 0 aliphatic carbocycles. The lowest BCUT2D eigenvalue weighted by atomic mass is 10.1. The van der Waals surface area contributed by atoms with Gasteiger partial charge in [-0.25, -0.2) is 8.42 Å². The van der Waals surface area contributed by atoms with Crippen molar-refractivity contribution in [1.29, 1.82) is 0 Å². The number of primary amides is 1. The maximum Gasteiger partial charge on any atom is 0.305 e. The van der Waals surface area contributed by atoms with Crippen LogP contribution in [0.3, 0.4) is 0 Å². The predicted octanol–water partition coefficient (Wildman–Crippen LogP) is 1.05. The molecule has 2 aromatic rings. The highest BCUT2D eigenvalue weighted by molar-refractivity contribution is 7.89. The molecule has 12 heteroatoms. The summed E-state index contributed by atoms with van der Waals surface area (Å²) in [6.07, 6.45) is 0.00246. The van der Waals surface area contributed by atoms with Gasteiger partial charge in [0.25, 0.3) is 5.91 Å². The molecule has 2 N–H and O–H groups in total. The van der Waals surface area contributed by atoms with Gasteiger partial charge in [0.15, 0.2) is 0 Å². The molecule has 37 heavy (non-hydrogen) atoms. The third-order valence-electron chi connectivity index (χ3n) is 6.43. The molecule has 1 fully saturated rings. The van der Waals surface area contributed by atoms with Crippen LogP contribution in [-0.4, -0.2) is 74.9 Å². The highest BCUT2D eigenvalue weighted by Crippen LogP contribution is 2.33. The molecule has 198 valence electrons. The minimum Gasteiger partial charge on any atom is -0.489 e. The Bertz CT molecular complexity index is 1270. The van der Waals surface area contributed by atoms with E-state index in [1.54, 1.807) is 42.5 Å². The maximum atomic E-state index is 13.0. The number of benzene rings is 2. The molecule has 2 heterocycles. The van der Waals surface area contributed by atoms with Gasteiger partial charge in [0.1, 0.15) is 18.4 Å². The third kappa shape index (κ3) is 5.76. The Morgan fingerprint density at radius 1 is 1.11 bits per heavy atom. The number of ether oxygens (including phenoxy) is 3. The van der Waals surface area contributed by atoms with Crippen LogP contribution in [-0.2, 0) is 42.2 Å². The minimum absolute atomic E-state index is 0.0508. The largest absolute Gasteiger partial charge is 0.489 e. The summed E-state index contributed by atoms with van der Waals surface area (Å²) in [5, 5.41) is 0. The average molecular weight is 532 g/mol. The van der Waals surface area contributed by atoms with Gasteiger partial charge in [-0.05, 0) is 36.2 Å². The summed E-state index contributed by atoms with van der Waals surface area (Å²) >= 11 is 0. The van der Waals surface area contributed by atoms with Gasteiger partial charge < -0.3 is 24.8 Å². The van der Waals surface area contributed by atoms with Gasteiger partial charge in [0.05, 0.1) is 31.8 Å². The van der Waals surface area contributed by atoms with Crippen LogP contribution in [0, 0.1) is 0 Å². The maximum absolute atomic E-state index is 13.0. The normalized spacial score (nSPS) is 16.8. The van der Waals surface area contributed by atoms with Crippen LogP contribution < -0.4 is 10.5 Å². The average Bonchev–Trinajstić information content (AvgIpc) is 3.24. The number of methoxy groups -OCH3 is 1. The van der Waals surface area contributed by atoms with Gasteiger partial charge in [0, 0.05) is 30.6 Å². The molecule has 2 amide bonds. The quantitative estimate of drug-likeness (QED) is 0.448. The lowest BCUT2D eigenvalue weighted by Crippen LogP contribution is -2.45. The smallest absolute Gasteiger partial charge is 0.305 e. The number of nitrogens with two attached hydrogens (primary N) is 1. The number of carbonyl (C=O) groups is 3. The van der Waals surface area contributed by atoms with Crippen molar-refractivity contribution in [3.05, 3.63) is 59.2 Å². The summed E-state index contributed by atoms with van der Waals surface area (Å²) in [7, 11) is -2.34. The van der Waals surface area contributed by atoms with Crippen molar-refractivity contribution in [2.45, 2.75) is 36.9 Å². The topological polar surface area (TPSA) is 146 Å². The minimum atomic E-state index is -3.59. The van der Waals surface area contributed by atoms with E-state index in [-0.39, 0.29) is 36.8 Å². The number of rotatable bonds is 10. The van der Waals surface area contributed by atoms with E-state index in [1.807, 2.05) is 0 Å². The number of sulfonamides is 1. The fraction of sp³-hybridized carbons (Fsp3) is 0.400. The fourth-order valence-corrected chi connectivity index (χ4v) is 5.78. The highest BCUT2D eigenvalue weighted by Gasteiger charge is 2.37. The molecule has 2 aliphatic rings. The van der Waals surface area contributed by atoms with Gasteiger partial charge in [-0.15, -0.1) is 0 Å². The second-order valence-electron chi connectivity index (χ2n) is 8.70. The van der Waals surface area contributed by atoms with Crippen LogP contribution >= 0.6 is 0 Å². The second-order valence-corrected chi connectivity index (χ2v) is 10.6. The number of hydrogen-bond acceptors (Lipinski definition) is 8. The van der Waals surface area contributed by atoms with Gasteiger partial charge in [-0.2, -0.15) is 4.31 Å². The van der Waals surface area contributed by atoms with Crippen molar-refractivity contribution in [1.82, 2.24) is 9.21 Å². The monoisotopic (exact) mass is 531 g/mol. The van der Waals surface area contributed by atoms with Crippen molar-refractivity contribution >= 4 is 27.8 Å². The van der Waals surface area contributed by atoms with E-state index in [9.17, 15) is 22.8 Å². The number of amides is 2. The van der Waals surface area contributed by atoms with Crippen molar-refractivity contribution < 1.29 is 37.0 Å². The van der Waals surface area contributed by atoms with Crippen LogP contribution in [0.2, 0.25) is 0 Å². The van der Waals surface area contributed by atoms with Crippen molar-refractivity contribution in [2.24, 2.45) is 5.73 Å². The Hall–Kier alpha value is -3.48. The SMILES string of the molecule is COC(=O)CCC(C(N)=O)N1Cc2c(OCc3ccc(S(=O)(=O)N4CCOCC4)cc3)cccc2C1=O. The molecule has 0 radical (unpaired) electrons. The molecule has 0 saturated carbocycles. The van der Waals surface area contributed by atoms with Gasteiger partial charge >= 0.3 is 5.97 Å². The number of nitrogens with zero attached hydrogens (tertiary/aromatic N) is 2. The van der Waals surface area contributed by atoms with E-state index in [4.69, 9.17) is 15.2 Å². The molecule has 0 spiro atoms. The lowest BCUT2D eigenvalue weighted by Gasteiger charge is -2.26. The van der Waals surface area contributed by atoms with E-state index in [0.717, 1.165) is 5.56 Å². The number of morpholine rings is 1. The highest BCUT2D eigenvalue weighted by atomic mass is 32.2. The van der Waals surface area contributed by atoms with Gasteiger partial charge in [0.2, 0.25) is 15.9 Å². The molecule has 2 aromatic carbocycles. The number of carbonyl (C=O) groups excluding carboxylic acids is 3. The van der Waals surface area contributed by atoms with E-state index in [1.165, 1.54) is 16.3 Å². The first kappa shape index (κ1) is 26.6. The van der Waals surface area contributed by atoms with Crippen LogP contribution in [0.5, 0.6) is 5.75 Å². The Balaban J connectivity index is 1.44. The molecular weight excluding hydrogens is 502 g/mol. The summed E-state index contributed by atoms with van der Waals surface area (Å²) < 4.78 is 42.9. The summed E-state index contributed by atoms with van der Waals surface area (Å²) in [6.45, 7) is 1.64. The summed E-state index contributed by atoms with van der Waals surface area (Å²) in [5.74, 6) is -1.11. The predicted molar refractivity (Wildman–Crippen MR) is 131 cm³/mol. The molecule has 1 atom stereocenters. The molecule has 2 aliphatic heterocycles. The summed E-state index contributed by atoms with van der Waals surface area (Å²) in [4.78, 5) is 38.2. The number of esters is 1. The molecule has 11 nitrogen and oxygen atoms in total. The fourth-order valence-electron chi connectivity index (χ4n) is 4.38. The van der Waals surface area contributed by atoms with Crippen molar-refractivity contribution in [3.8, 4) is 5.75 Å². The first-order chi connectivity index (χ1) is 17.7. The number of fused-ring (bicyclic) bond motifs is 1.